The van der Waals surface area contributed by atoms with Crippen LogP contribution >= 0.6 is 11.6 Å². The van der Waals surface area contributed by atoms with Crippen molar-refractivity contribution in [2.75, 3.05) is 13.7 Å². The molecule has 0 aliphatic carbocycles. The zero-order valence-corrected chi connectivity index (χ0v) is 12.2. The lowest BCUT2D eigenvalue weighted by atomic mass is 9.97. The molecule has 1 aliphatic rings. The number of ether oxygens (including phenoxy) is 1. The van der Waals surface area contributed by atoms with E-state index in [9.17, 15) is 9.59 Å². The molecular weight excluding hydrogens is 278 g/mol. The van der Waals surface area contributed by atoms with Crippen LogP contribution in [-0.2, 0) is 9.53 Å². The van der Waals surface area contributed by atoms with Crippen molar-refractivity contribution in [1.29, 1.82) is 0 Å². The van der Waals surface area contributed by atoms with E-state index in [1.807, 2.05) is 6.92 Å². The molecule has 1 atom stereocenters. The average Bonchev–Trinajstić information content (AvgIpc) is 2.43. The van der Waals surface area contributed by atoms with Gasteiger partial charge in [0.2, 0.25) is 5.91 Å². The Morgan fingerprint density at radius 1 is 1.40 bits per heavy atom. The van der Waals surface area contributed by atoms with Gasteiger partial charge in [-0.15, -0.1) is 0 Å². The molecular formula is C15H16ClNO3. The molecule has 0 N–H and O–H groups in total. The molecule has 20 heavy (non-hydrogen) atoms. The van der Waals surface area contributed by atoms with Gasteiger partial charge in [-0.3, -0.25) is 9.59 Å². The number of hydrogen-bond acceptors (Lipinski definition) is 3. The van der Waals surface area contributed by atoms with Gasteiger partial charge < -0.3 is 9.64 Å². The minimum Gasteiger partial charge on any atom is -0.498 e. The van der Waals surface area contributed by atoms with E-state index < -0.39 is 6.04 Å². The van der Waals surface area contributed by atoms with Crippen molar-refractivity contribution >= 4 is 23.3 Å². The lowest BCUT2D eigenvalue weighted by Crippen LogP contribution is -2.45. The third-order valence-corrected chi connectivity index (χ3v) is 3.51. The number of rotatable bonds is 4. The molecule has 0 bridgehead atoms. The highest BCUT2D eigenvalue weighted by Crippen LogP contribution is 2.22. The van der Waals surface area contributed by atoms with Gasteiger partial charge in [-0.25, -0.2) is 0 Å². The van der Waals surface area contributed by atoms with Crippen LogP contribution in [0.3, 0.4) is 0 Å². The number of Topliss-reactive ketones (excluding diaryl/α,β-unsaturated/α-hetero) is 1. The monoisotopic (exact) mass is 293 g/mol. The summed E-state index contributed by atoms with van der Waals surface area (Å²) in [5.74, 6) is 0.234. The highest BCUT2D eigenvalue weighted by atomic mass is 35.5. The molecule has 1 aromatic carbocycles. The van der Waals surface area contributed by atoms with Gasteiger partial charge in [-0.1, -0.05) is 11.6 Å². The molecule has 0 radical (unpaired) electrons. The van der Waals surface area contributed by atoms with E-state index in [0.717, 1.165) is 0 Å². The number of ketones is 1. The first-order valence-corrected chi connectivity index (χ1v) is 6.80. The molecule has 1 aromatic rings. The second kappa shape index (κ2) is 6.09. The second-order valence-electron chi connectivity index (χ2n) is 4.58. The Bertz CT molecular complexity index is 551. The maximum atomic E-state index is 12.5. The predicted molar refractivity (Wildman–Crippen MR) is 76.7 cm³/mol. The molecule has 4 nitrogen and oxygen atoms in total. The Hall–Kier alpha value is -1.81. The summed E-state index contributed by atoms with van der Waals surface area (Å²) in [5, 5.41) is 0.574. The molecule has 1 amide bonds. The maximum Gasteiger partial charge on any atom is 0.250 e. The number of halogens is 1. The molecule has 0 saturated carbocycles. The lowest BCUT2D eigenvalue weighted by Gasteiger charge is -2.30. The first-order chi connectivity index (χ1) is 9.52. The molecule has 0 fully saturated rings. The zero-order chi connectivity index (χ0) is 14.7. The van der Waals surface area contributed by atoms with E-state index in [1.54, 1.807) is 31.3 Å². The van der Waals surface area contributed by atoms with Gasteiger partial charge in [0.1, 0.15) is 11.8 Å². The van der Waals surface area contributed by atoms with E-state index in [4.69, 9.17) is 16.3 Å². The Kier molecular flexibility index (Phi) is 4.45. The highest BCUT2D eigenvalue weighted by molar-refractivity contribution is 6.30. The quantitative estimate of drug-likeness (QED) is 0.802. The number of carbonyl (C=O) groups is 2. The van der Waals surface area contributed by atoms with Crippen molar-refractivity contribution in [2.24, 2.45) is 0 Å². The fourth-order valence-electron chi connectivity index (χ4n) is 2.14. The van der Waals surface area contributed by atoms with E-state index in [1.165, 1.54) is 11.0 Å². The summed E-state index contributed by atoms with van der Waals surface area (Å²) in [7, 11) is 1.63. The molecule has 2 rings (SSSR count). The Labute approximate surface area is 123 Å². The number of carbonyl (C=O) groups excluding carboxylic acids is 2. The Morgan fingerprint density at radius 3 is 2.65 bits per heavy atom. The third kappa shape index (κ3) is 3.02. The molecule has 1 aliphatic heterocycles. The van der Waals surface area contributed by atoms with Crippen molar-refractivity contribution in [1.82, 2.24) is 4.90 Å². The van der Waals surface area contributed by atoms with Crippen LogP contribution in [-0.4, -0.2) is 36.3 Å². The summed E-state index contributed by atoms with van der Waals surface area (Å²) in [6, 6.07) is 6.14. The zero-order valence-electron chi connectivity index (χ0n) is 11.4. The first kappa shape index (κ1) is 14.6. The minimum atomic E-state index is -0.532. The van der Waals surface area contributed by atoms with Crippen molar-refractivity contribution in [3.05, 3.63) is 46.7 Å². The summed E-state index contributed by atoms with van der Waals surface area (Å²) in [4.78, 5) is 25.8. The SMILES string of the molecule is CCOC1=CC(=O)N(C)C(C(=O)c2ccc(Cl)cc2)C1. The van der Waals surface area contributed by atoms with Crippen LogP contribution in [0.1, 0.15) is 23.7 Å². The van der Waals surface area contributed by atoms with E-state index >= 15 is 0 Å². The fraction of sp³-hybridized carbons (Fsp3) is 0.333. The van der Waals surface area contributed by atoms with Crippen LogP contribution in [0.4, 0.5) is 0 Å². The van der Waals surface area contributed by atoms with Gasteiger partial charge in [0.25, 0.3) is 0 Å². The number of nitrogens with zero attached hydrogens (tertiary/aromatic N) is 1. The van der Waals surface area contributed by atoms with Crippen molar-refractivity contribution in [3.8, 4) is 0 Å². The molecule has 0 saturated heterocycles. The van der Waals surface area contributed by atoms with E-state index in [0.29, 0.717) is 29.4 Å². The third-order valence-electron chi connectivity index (χ3n) is 3.26. The summed E-state index contributed by atoms with van der Waals surface area (Å²) in [6.45, 7) is 2.32. The van der Waals surface area contributed by atoms with Crippen LogP contribution in [0.5, 0.6) is 0 Å². The number of benzene rings is 1. The Morgan fingerprint density at radius 2 is 2.05 bits per heavy atom. The maximum absolute atomic E-state index is 12.5. The summed E-state index contributed by atoms with van der Waals surface area (Å²) < 4.78 is 5.38. The van der Waals surface area contributed by atoms with Crippen LogP contribution in [0.15, 0.2) is 36.1 Å². The summed E-state index contributed by atoms with van der Waals surface area (Å²) in [6.07, 6.45) is 1.84. The van der Waals surface area contributed by atoms with Gasteiger partial charge >= 0.3 is 0 Å². The smallest absolute Gasteiger partial charge is 0.250 e. The Balaban J connectivity index is 2.23. The van der Waals surface area contributed by atoms with Crippen LogP contribution in [0.2, 0.25) is 5.02 Å². The highest BCUT2D eigenvalue weighted by Gasteiger charge is 2.32. The standard InChI is InChI=1S/C15H16ClNO3/c1-3-20-12-8-13(17(2)14(18)9-12)15(19)10-4-6-11(16)7-5-10/h4-7,9,13H,3,8H2,1-2H3. The molecule has 5 heteroatoms. The number of likely N-dealkylation sites (N-methyl/N-ethyl adjacent to an activating group) is 1. The average molecular weight is 294 g/mol. The number of amides is 1. The molecule has 1 unspecified atom stereocenters. The van der Waals surface area contributed by atoms with E-state index in [-0.39, 0.29) is 11.7 Å². The van der Waals surface area contributed by atoms with E-state index in [2.05, 4.69) is 0 Å². The van der Waals surface area contributed by atoms with Crippen molar-refractivity contribution in [3.63, 3.8) is 0 Å². The lowest BCUT2D eigenvalue weighted by molar-refractivity contribution is -0.127. The van der Waals surface area contributed by atoms with Crippen LogP contribution < -0.4 is 0 Å². The summed E-state index contributed by atoms with van der Waals surface area (Å²) in [5.41, 5.74) is 0.539. The van der Waals surface area contributed by atoms with Gasteiger partial charge in [-0.05, 0) is 31.2 Å². The predicted octanol–water partition coefficient (Wildman–Crippen LogP) is 2.67. The fourth-order valence-corrected chi connectivity index (χ4v) is 2.27. The molecule has 106 valence electrons. The number of hydrogen-bond donors (Lipinski definition) is 0. The molecule has 0 aromatic heterocycles. The summed E-state index contributed by atoms with van der Waals surface area (Å²) >= 11 is 5.81. The second-order valence-corrected chi connectivity index (χ2v) is 5.02. The van der Waals surface area contributed by atoms with Crippen LogP contribution in [0, 0.1) is 0 Å². The molecule has 0 spiro atoms. The van der Waals surface area contributed by atoms with Gasteiger partial charge in [-0.2, -0.15) is 0 Å². The van der Waals surface area contributed by atoms with Crippen molar-refractivity contribution < 1.29 is 14.3 Å². The molecule has 1 heterocycles. The minimum absolute atomic E-state index is 0.109. The van der Waals surface area contributed by atoms with Crippen LogP contribution in [0.25, 0.3) is 0 Å². The first-order valence-electron chi connectivity index (χ1n) is 6.43. The van der Waals surface area contributed by atoms with Gasteiger partial charge in [0.15, 0.2) is 5.78 Å². The van der Waals surface area contributed by atoms with Gasteiger partial charge in [0, 0.05) is 30.1 Å². The normalized spacial score (nSPS) is 18.8. The van der Waals surface area contributed by atoms with Gasteiger partial charge in [0.05, 0.1) is 6.61 Å². The largest absolute Gasteiger partial charge is 0.498 e. The van der Waals surface area contributed by atoms with Crippen molar-refractivity contribution in [2.45, 2.75) is 19.4 Å². The topological polar surface area (TPSA) is 46.6 Å².